The SMILES string of the molecule is CC.CC1CCN(C(=O)C2CC3(CCN(C)CC3)C2)CC1. The molecule has 0 radical (unpaired) electrons. The molecule has 2 aliphatic heterocycles. The molecule has 0 aromatic carbocycles. The van der Waals surface area contributed by atoms with Crippen molar-refractivity contribution in [2.24, 2.45) is 17.3 Å². The van der Waals surface area contributed by atoms with Crippen molar-refractivity contribution in [3.63, 3.8) is 0 Å². The van der Waals surface area contributed by atoms with E-state index in [-0.39, 0.29) is 0 Å². The minimum atomic E-state index is 0.358. The quantitative estimate of drug-likeness (QED) is 0.740. The summed E-state index contributed by atoms with van der Waals surface area (Å²) in [4.78, 5) is 17.1. The summed E-state index contributed by atoms with van der Waals surface area (Å²) in [5.41, 5.74) is 0.538. The lowest BCUT2D eigenvalue weighted by Gasteiger charge is -2.52. The molecule has 2 heterocycles. The van der Waals surface area contributed by atoms with Crippen LogP contribution in [-0.2, 0) is 4.79 Å². The molecule has 0 aromatic rings. The Morgan fingerprint density at radius 1 is 1.00 bits per heavy atom. The van der Waals surface area contributed by atoms with Crippen molar-refractivity contribution in [1.82, 2.24) is 9.80 Å². The van der Waals surface area contributed by atoms with Crippen molar-refractivity contribution in [2.75, 3.05) is 33.2 Å². The molecule has 0 bridgehead atoms. The zero-order valence-corrected chi connectivity index (χ0v) is 14.5. The van der Waals surface area contributed by atoms with Gasteiger partial charge in [0.2, 0.25) is 5.91 Å². The van der Waals surface area contributed by atoms with Crippen LogP contribution in [0.25, 0.3) is 0 Å². The number of amides is 1. The van der Waals surface area contributed by atoms with Crippen molar-refractivity contribution in [2.45, 2.75) is 59.3 Å². The summed E-state index contributed by atoms with van der Waals surface area (Å²) in [5, 5.41) is 0. The Bertz CT molecular complexity index is 331. The predicted molar refractivity (Wildman–Crippen MR) is 88.2 cm³/mol. The van der Waals surface area contributed by atoms with Crippen molar-refractivity contribution in [3.8, 4) is 0 Å². The third-order valence-corrected chi connectivity index (χ3v) is 5.85. The van der Waals surface area contributed by atoms with Gasteiger partial charge in [-0.05, 0) is 70.0 Å². The van der Waals surface area contributed by atoms with E-state index < -0.39 is 0 Å². The van der Waals surface area contributed by atoms with Crippen LogP contribution < -0.4 is 0 Å². The zero-order chi connectivity index (χ0) is 15.5. The molecular formula is C18H34N2O. The van der Waals surface area contributed by atoms with Gasteiger partial charge in [0.1, 0.15) is 0 Å². The second kappa shape index (κ2) is 7.13. The molecule has 21 heavy (non-hydrogen) atoms. The van der Waals surface area contributed by atoms with Gasteiger partial charge in [-0.25, -0.2) is 0 Å². The molecule has 1 saturated carbocycles. The number of carbonyl (C=O) groups is 1. The van der Waals surface area contributed by atoms with Crippen LogP contribution in [0, 0.1) is 17.3 Å². The van der Waals surface area contributed by atoms with Crippen molar-refractivity contribution in [1.29, 1.82) is 0 Å². The molecular weight excluding hydrogens is 260 g/mol. The summed E-state index contributed by atoms with van der Waals surface area (Å²) >= 11 is 0. The first-order valence-electron chi connectivity index (χ1n) is 9.05. The molecule has 122 valence electrons. The van der Waals surface area contributed by atoms with Crippen molar-refractivity contribution < 1.29 is 4.79 Å². The molecule has 1 amide bonds. The zero-order valence-electron chi connectivity index (χ0n) is 14.5. The molecule has 3 nitrogen and oxygen atoms in total. The standard InChI is InChI=1S/C16H28N2O.C2H6/c1-13-3-7-18(8-4-13)15(19)14-11-16(12-14)5-9-17(2)10-6-16;1-2/h13-14H,3-12H2,1-2H3;1-2H3. The number of rotatable bonds is 1. The van der Waals surface area contributed by atoms with Crippen LogP contribution in [0.1, 0.15) is 59.3 Å². The summed E-state index contributed by atoms with van der Waals surface area (Å²) in [6, 6.07) is 0. The highest BCUT2D eigenvalue weighted by atomic mass is 16.2. The van der Waals surface area contributed by atoms with Crippen LogP contribution in [-0.4, -0.2) is 48.9 Å². The largest absolute Gasteiger partial charge is 0.342 e. The Balaban J connectivity index is 0.000000774. The first-order valence-corrected chi connectivity index (χ1v) is 9.05. The van der Waals surface area contributed by atoms with E-state index in [2.05, 4.69) is 23.8 Å². The highest BCUT2D eigenvalue weighted by Crippen LogP contribution is 2.53. The normalized spacial score (nSPS) is 27.0. The molecule has 0 unspecified atom stereocenters. The fraction of sp³-hybridized carbons (Fsp3) is 0.944. The summed E-state index contributed by atoms with van der Waals surface area (Å²) in [6.45, 7) is 10.8. The van der Waals surface area contributed by atoms with E-state index in [4.69, 9.17) is 0 Å². The van der Waals surface area contributed by atoms with E-state index in [1.54, 1.807) is 0 Å². The van der Waals surface area contributed by atoms with Crippen LogP contribution >= 0.6 is 0 Å². The highest BCUT2D eigenvalue weighted by molar-refractivity contribution is 5.80. The van der Waals surface area contributed by atoms with Gasteiger partial charge in [0, 0.05) is 19.0 Å². The first-order chi connectivity index (χ1) is 10.1. The molecule has 1 aliphatic carbocycles. The topological polar surface area (TPSA) is 23.6 Å². The Labute approximate surface area is 131 Å². The summed E-state index contributed by atoms with van der Waals surface area (Å²) in [6.07, 6.45) is 7.37. The molecule has 0 atom stereocenters. The molecule has 1 spiro atoms. The molecule has 0 aromatic heterocycles. The average molecular weight is 294 g/mol. The van der Waals surface area contributed by atoms with Crippen LogP contribution in [0.4, 0.5) is 0 Å². The van der Waals surface area contributed by atoms with Crippen LogP contribution in [0.3, 0.4) is 0 Å². The van der Waals surface area contributed by atoms with Crippen LogP contribution in [0.15, 0.2) is 0 Å². The van der Waals surface area contributed by atoms with Gasteiger partial charge in [0.15, 0.2) is 0 Å². The number of hydrogen-bond acceptors (Lipinski definition) is 2. The Morgan fingerprint density at radius 3 is 2.05 bits per heavy atom. The number of carbonyl (C=O) groups excluding carboxylic acids is 1. The minimum absolute atomic E-state index is 0.358. The van der Waals surface area contributed by atoms with E-state index in [1.165, 1.54) is 51.6 Å². The van der Waals surface area contributed by atoms with E-state index in [9.17, 15) is 4.79 Å². The Morgan fingerprint density at radius 2 is 1.52 bits per heavy atom. The third kappa shape index (κ3) is 3.80. The van der Waals surface area contributed by atoms with Gasteiger partial charge in [-0.2, -0.15) is 0 Å². The Kier molecular flexibility index (Phi) is 5.70. The van der Waals surface area contributed by atoms with E-state index in [0.29, 0.717) is 17.2 Å². The van der Waals surface area contributed by atoms with E-state index in [1.807, 2.05) is 13.8 Å². The third-order valence-electron chi connectivity index (χ3n) is 5.85. The number of hydrogen-bond donors (Lipinski definition) is 0. The lowest BCUT2D eigenvalue weighted by Crippen LogP contribution is -2.52. The highest BCUT2D eigenvalue weighted by Gasteiger charge is 2.49. The van der Waals surface area contributed by atoms with Gasteiger partial charge in [0.05, 0.1) is 0 Å². The Hall–Kier alpha value is -0.570. The summed E-state index contributed by atoms with van der Waals surface area (Å²) in [5.74, 6) is 1.64. The summed E-state index contributed by atoms with van der Waals surface area (Å²) < 4.78 is 0. The molecule has 3 heteroatoms. The molecule has 3 aliphatic rings. The molecule has 3 fully saturated rings. The number of likely N-dealkylation sites (tertiary alicyclic amines) is 2. The maximum Gasteiger partial charge on any atom is 0.225 e. The molecule has 2 saturated heterocycles. The van der Waals surface area contributed by atoms with Crippen LogP contribution in [0.5, 0.6) is 0 Å². The lowest BCUT2D eigenvalue weighted by molar-refractivity contribution is -0.147. The van der Waals surface area contributed by atoms with Gasteiger partial charge in [-0.1, -0.05) is 20.8 Å². The fourth-order valence-corrected chi connectivity index (χ4v) is 4.15. The van der Waals surface area contributed by atoms with Gasteiger partial charge in [-0.3, -0.25) is 4.79 Å². The minimum Gasteiger partial charge on any atom is -0.342 e. The number of nitrogens with zero attached hydrogens (tertiary/aromatic N) is 2. The maximum atomic E-state index is 12.5. The van der Waals surface area contributed by atoms with Gasteiger partial charge in [0.25, 0.3) is 0 Å². The van der Waals surface area contributed by atoms with E-state index >= 15 is 0 Å². The monoisotopic (exact) mass is 294 g/mol. The van der Waals surface area contributed by atoms with Crippen molar-refractivity contribution >= 4 is 5.91 Å². The van der Waals surface area contributed by atoms with Gasteiger partial charge >= 0.3 is 0 Å². The van der Waals surface area contributed by atoms with Crippen molar-refractivity contribution in [3.05, 3.63) is 0 Å². The van der Waals surface area contributed by atoms with Gasteiger partial charge < -0.3 is 9.80 Å². The average Bonchev–Trinajstić information content (AvgIpc) is 2.48. The maximum absolute atomic E-state index is 12.5. The smallest absolute Gasteiger partial charge is 0.225 e. The predicted octanol–water partition coefficient (Wildman–Crippen LogP) is 3.39. The van der Waals surface area contributed by atoms with E-state index in [0.717, 1.165) is 19.0 Å². The summed E-state index contributed by atoms with van der Waals surface area (Å²) in [7, 11) is 2.21. The number of piperidine rings is 2. The fourth-order valence-electron chi connectivity index (χ4n) is 4.15. The van der Waals surface area contributed by atoms with Crippen LogP contribution in [0.2, 0.25) is 0 Å². The van der Waals surface area contributed by atoms with Gasteiger partial charge in [-0.15, -0.1) is 0 Å². The first kappa shape index (κ1) is 16.8. The second-order valence-corrected chi connectivity index (χ2v) is 7.42. The second-order valence-electron chi connectivity index (χ2n) is 7.42. The lowest BCUT2D eigenvalue weighted by atomic mass is 9.57. The molecule has 0 N–H and O–H groups in total. The molecule has 3 rings (SSSR count).